The van der Waals surface area contributed by atoms with Crippen molar-refractivity contribution in [2.75, 3.05) is 7.05 Å². The molecule has 1 amide bonds. The molecular formula is C11H13BrClNO4S. The molecule has 0 unspecified atom stereocenters. The lowest BCUT2D eigenvalue weighted by molar-refractivity contribution is 0.0701. The molecule has 1 aromatic heterocycles. The highest BCUT2D eigenvalue weighted by Crippen LogP contribution is 2.30. The van der Waals surface area contributed by atoms with Crippen molar-refractivity contribution in [2.24, 2.45) is 0 Å². The Balaban J connectivity index is 2.25. The molecule has 1 fully saturated rings. The van der Waals surface area contributed by atoms with Gasteiger partial charge in [-0.2, -0.15) is 0 Å². The van der Waals surface area contributed by atoms with E-state index in [-0.39, 0.29) is 27.3 Å². The van der Waals surface area contributed by atoms with Gasteiger partial charge in [-0.15, -0.1) is 0 Å². The maximum Gasteiger partial charge on any atom is 0.289 e. The van der Waals surface area contributed by atoms with Crippen LogP contribution in [0.15, 0.2) is 20.0 Å². The summed E-state index contributed by atoms with van der Waals surface area (Å²) in [6.07, 6.45) is 4.13. The van der Waals surface area contributed by atoms with E-state index in [2.05, 4.69) is 15.9 Å². The van der Waals surface area contributed by atoms with Crippen LogP contribution in [-0.4, -0.2) is 32.3 Å². The smallest absolute Gasteiger partial charge is 0.289 e. The number of furan rings is 1. The molecule has 1 saturated carbocycles. The second-order valence-corrected chi connectivity index (χ2v) is 7.80. The molecule has 106 valence electrons. The second-order valence-electron chi connectivity index (χ2n) is 4.54. The molecule has 0 bridgehead atoms. The predicted molar refractivity (Wildman–Crippen MR) is 73.8 cm³/mol. The van der Waals surface area contributed by atoms with Crippen molar-refractivity contribution >= 4 is 41.6 Å². The van der Waals surface area contributed by atoms with E-state index in [4.69, 9.17) is 15.1 Å². The van der Waals surface area contributed by atoms with Crippen LogP contribution in [0.2, 0.25) is 0 Å². The number of carbonyl (C=O) groups excluding carboxylic acids is 1. The first-order valence-electron chi connectivity index (χ1n) is 5.82. The first-order valence-corrected chi connectivity index (χ1v) is 8.92. The molecule has 1 heterocycles. The van der Waals surface area contributed by atoms with Crippen LogP contribution in [0, 0.1) is 0 Å². The molecular weight excluding hydrogens is 358 g/mol. The van der Waals surface area contributed by atoms with E-state index < -0.39 is 9.05 Å². The zero-order valence-corrected chi connectivity index (χ0v) is 13.4. The number of hydrogen-bond donors (Lipinski definition) is 0. The molecule has 1 aliphatic carbocycles. The Morgan fingerprint density at radius 3 is 2.53 bits per heavy atom. The Kier molecular flexibility index (Phi) is 4.27. The van der Waals surface area contributed by atoms with Crippen LogP contribution < -0.4 is 0 Å². The van der Waals surface area contributed by atoms with Crippen molar-refractivity contribution in [1.29, 1.82) is 0 Å². The fourth-order valence-corrected chi connectivity index (χ4v) is 4.29. The number of amides is 1. The molecule has 8 heteroatoms. The Hall–Kier alpha value is -0.530. The van der Waals surface area contributed by atoms with Gasteiger partial charge in [-0.05, 0) is 28.8 Å². The summed E-state index contributed by atoms with van der Waals surface area (Å²) in [6.45, 7) is 0. The van der Waals surface area contributed by atoms with Crippen molar-refractivity contribution in [3.63, 3.8) is 0 Å². The Morgan fingerprint density at radius 2 is 2.05 bits per heavy atom. The van der Waals surface area contributed by atoms with E-state index in [9.17, 15) is 13.2 Å². The summed E-state index contributed by atoms with van der Waals surface area (Å²) in [4.78, 5) is 13.6. The SMILES string of the molecule is CN(C(=O)c1cc(S(=O)(=O)Cl)c(Br)o1)C1CCCC1. The number of halogens is 2. The Bertz CT molecular complexity index is 592. The van der Waals surface area contributed by atoms with Crippen LogP contribution in [0.4, 0.5) is 0 Å². The highest BCUT2D eigenvalue weighted by Gasteiger charge is 2.29. The molecule has 0 radical (unpaired) electrons. The number of carbonyl (C=O) groups is 1. The topological polar surface area (TPSA) is 67.6 Å². The fraction of sp³-hybridized carbons (Fsp3) is 0.545. The minimum absolute atomic E-state index is 0.0273. The highest BCUT2D eigenvalue weighted by molar-refractivity contribution is 9.10. The molecule has 0 saturated heterocycles. The maximum absolute atomic E-state index is 12.2. The van der Waals surface area contributed by atoms with Gasteiger partial charge in [0.05, 0.1) is 0 Å². The second kappa shape index (κ2) is 5.46. The van der Waals surface area contributed by atoms with Gasteiger partial charge in [-0.1, -0.05) is 12.8 Å². The van der Waals surface area contributed by atoms with Gasteiger partial charge in [-0.3, -0.25) is 4.79 Å². The lowest BCUT2D eigenvalue weighted by Crippen LogP contribution is -2.34. The standard InChI is InChI=1S/C11H13BrClNO4S/c1-14(7-4-2-3-5-7)11(15)8-6-9(10(12)18-8)19(13,16)17/h6-7H,2-5H2,1H3. The van der Waals surface area contributed by atoms with E-state index in [1.165, 1.54) is 0 Å². The normalized spacial score (nSPS) is 16.8. The van der Waals surface area contributed by atoms with Gasteiger partial charge in [-0.25, -0.2) is 8.42 Å². The van der Waals surface area contributed by atoms with Crippen molar-refractivity contribution < 1.29 is 17.6 Å². The van der Waals surface area contributed by atoms with Crippen molar-refractivity contribution in [3.8, 4) is 0 Å². The van der Waals surface area contributed by atoms with Crippen LogP contribution in [-0.2, 0) is 9.05 Å². The van der Waals surface area contributed by atoms with Crippen LogP contribution in [0.1, 0.15) is 36.2 Å². The quantitative estimate of drug-likeness (QED) is 0.767. The van der Waals surface area contributed by atoms with Crippen LogP contribution in [0.5, 0.6) is 0 Å². The fourth-order valence-electron chi connectivity index (χ4n) is 2.25. The summed E-state index contributed by atoms with van der Waals surface area (Å²) in [7, 11) is 3.01. The first-order chi connectivity index (χ1) is 8.80. The average Bonchev–Trinajstić information content (AvgIpc) is 2.94. The first kappa shape index (κ1) is 14.9. The third kappa shape index (κ3) is 3.14. The molecule has 1 aliphatic rings. The van der Waals surface area contributed by atoms with Crippen LogP contribution >= 0.6 is 26.6 Å². The molecule has 2 rings (SSSR count). The largest absolute Gasteiger partial charge is 0.443 e. The van der Waals surface area contributed by atoms with Gasteiger partial charge in [0.25, 0.3) is 15.0 Å². The van der Waals surface area contributed by atoms with Gasteiger partial charge >= 0.3 is 0 Å². The van der Waals surface area contributed by atoms with Crippen LogP contribution in [0.25, 0.3) is 0 Å². The molecule has 0 atom stereocenters. The number of rotatable bonds is 3. The molecule has 0 aliphatic heterocycles. The molecule has 5 nitrogen and oxygen atoms in total. The third-order valence-corrected chi connectivity index (χ3v) is 5.50. The van der Waals surface area contributed by atoms with Crippen LogP contribution in [0.3, 0.4) is 0 Å². The Morgan fingerprint density at radius 1 is 1.47 bits per heavy atom. The van der Waals surface area contributed by atoms with Crippen molar-refractivity contribution in [1.82, 2.24) is 4.90 Å². The lowest BCUT2D eigenvalue weighted by Gasteiger charge is -2.22. The van der Waals surface area contributed by atoms with Gasteiger partial charge in [0.2, 0.25) is 0 Å². The third-order valence-electron chi connectivity index (χ3n) is 3.32. The molecule has 0 N–H and O–H groups in total. The van der Waals surface area contributed by atoms with Gasteiger partial charge in [0, 0.05) is 29.8 Å². The monoisotopic (exact) mass is 369 g/mol. The summed E-state index contributed by atoms with van der Waals surface area (Å²) >= 11 is 2.95. The number of nitrogens with zero attached hydrogens (tertiary/aromatic N) is 1. The summed E-state index contributed by atoms with van der Waals surface area (Å²) in [6, 6.07) is 1.34. The maximum atomic E-state index is 12.2. The summed E-state index contributed by atoms with van der Waals surface area (Å²) in [5.74, 6) is -0.361. The summed E-state index contributed by atoms with van der Waals surface area (Å²) in [5, 5.41) is 0. The minimum Gasteiger partial charge on any atom is -0.443 e. The lowest BCUT2D eigenvalue weighted by atomic mass is 10.2. The van der Waals surface area contributed by atoms with E-state index in [0.29, 0.717) is 0 Å². The zero-order chi connectivity index (χ0) is 14.2. The zero-order valence-electron chi connectivity index (χ0n) is 10.2. The minimum atomic E-state index is -3.93. The molecule has 1 aromatic rings. The number of hydrogen-bond acceptors (Lipinski definition) is 4. The van der Waals surface area contributed by atoms with Crippen molar-refractivity contribution in [3.05, 3.63) is 16.5 Å². The van der Waals surface area contributed by atoms with Gasteiger partial charge < -0.3 is 9.32 Å². The van der Waals surface area contributed by atoms with Crippen molar-refractivity contribution in [2.45, 2.75) is 36.6 Å². The predicted octanol–water partition coefficient (Wildman–Crippen LogP) is 2.98. The van der Waals surface area contributed by atoms with Gasteiger partial charge in [0.15, 0.2) is 10.4 Å². The highest BCUT2D eigenvalue weighted by atomic mass is 79.9. The Labute approximate surface area is 124 Å². The molecule has 0 aromatic carbocycles. The van der Waals surface area contributed by atoms with E-state index in [1.54, 1.807) is 11.9 Å². The van der Waals surface area contributed by atoms with Gasteiger partial charge in [0.1, 0.15) is 4.90 Å². The molecule has 0 spiro atoms. The average molecular weight is 371 g/mol. The summed E-state index contributed by atoms with van der Waals surface area (Å²) < 4.78 is 27.6. The van der Waals surface area contributed by atoms with E-state index in [0.717, 1.165) is 31.7 Å². The summed E-state index contributed by atoms with van der Waals surface area (Å²) in [5.41, 5.74) is 0. The van der Waals surface area contributed by atoms with E-state index in [1.807, 2.05) is 0 Å². The molecule has 19 heavy (non-hydrogen) atoms. The van der Waals surface area contributed by atoms with E-state index >= 15 is 0 Å².